The Hall–Kier alpha value is -1.26. The summed E-state index contributed by atoms with van der Waals surface area (Å²) in [7, 11) is 0. The van der Waals surface area contributed by atoms with Crippen LogP contribution in [0, 0.1) is 10.8 Å². The van der Waals surface area contributed by atoms with Gasteiger partial charge in [-0.3, -0.25) is 4.79 Å². The maximum absolute atomic E-state index is 11.9. The molecule has 0 spiro atoms. The van der Waals surface area contributed by atoms with Crippen molar-refractivity contribution in [1.29, 1.82) is 0 Å². The minimum absolute atomic E-state index is 0.0212. The highest BCUT2D eigenvalue weighted by Gasteiger charge is 2.39. The number of hydrogen-bond donors (Lipinski definition) is 3. The lowest BCUT2D eigenvalue weighted by Crippen LogP contribution is -2.51. The number of carbonyl (C=O) groups excluding carboxylic acids is 1. The molecule has 1 aliphatic carbocycles. The number of carboxylic acid groups (broad SMARTS) is 1. The van der Waals surface area contributed by atoms with Gasteiger partial charge in [0, 0.05) is 12.6 Å². The van der Waals surface area contributed by atoms with Crippen LogP contribution in [-0.4, -0.2) is 29.7 Å². The van der Waals surface area contributed by atoms with Crippen molar-refractivity contribution in [2.45, 2.75) is 65.8 Å². The lowest BCUT2D eigenvalue weighted by atomic mass is 9.74. The average molecular weight is 284 g/mol. The van der Waals surface area contributed by atoms with Crippen LogP contribution < -0.4 is 10.6 Å². The predicted octanol–water partition coefficient (Wildman–Crippen LogP) is 2.76. The second-order valence-corrected chi connectivity index (χ2v) is 7.06. The van der Waals surface area contributed by atoms with Crippen molar-refractivity contribution in [1.82, 2.24) is 10.6 Å². The number of rotatable bonds is 4. The highest BCUT2D eigenvalue weighted by Crippen LogP contribution is 2.36. The SMILES string of the molecule is CC(NC(=O)NCC1(C(=O)O)CCCCC1)C(C)(C)C. The van der Waals surface area contributed by atoms with Gasteiger partial charge in [-0.15, -0.1) is 0 Å². The number of nitrogens with one attached hydrogen (secondary N) is 2. The van der Waals surface area contributed by atoms with Crippen molar-refractivity contribution in [2.75, 3.05) is 6.54 Å². The van der Waals surface area contributed by atoms with Crippen LogP contribution >= 0.6 is 0 Å². The summed E-state index contributed by atoms with van der Waals surface area (Å²) < 4.78 is 0. The first-order valence-corrected chi connectivity index (χ1v) is 7.45. The van der Waals surface area contributed by atoms with E-state index in [4.69, 9.17) is 0 Å². The number of carboxylic acids is 1. The fraction of sp³-hybridized carbons (Fsp3) is 0.867. The maximum atomic E-state index is 11.9. The summed E-state index contributed by atoms with van der Waals surface area (Å²) in [6.07, 6.45) is 4.24. The molecule has 1 atom stereocenters. The van der Waals surface area contributed by atoms with Crippen LogP contribution in [0.15, 0.2) is 0 Å². The molecule has 3 N–H and O–H groups in total. The molecule has 1 aliphatic rings. The van der Waals surface area contributed by atoms with Gasteiger partial charge in [0.25, 0.3) is 0 Å². The summed E-state index contributed by atoms with van der Waals surface area (Å²) in [6, 6.07) is -0.256. The summed E-state index contributed by atoms with van der Waals surface area (Å²) in [6.45, 7) is 8.33. The second-order valence-electron chi connectivity index (χ2n) is 7.06. The third kappa shape index (κ3) is 4.39. The summed E-state index contributed by atoms with van der Waals surface area (Å²) >= 11 is 0. The molecule has 2 amide bonds. The zero-order valence-corrected chi connectivity index (χ0v) is 13.1. The minimum atomic E-state index is -0.790. The van der Waals surface area contributed by atoms with Crippen LogP contribution in [0.1, 0.15) is 59.8 Å². The molecule has 5 nitrogen and oxygen atoms in total. The highest BCUT2D eigenvalue weighted by molar-refractivity contribution is 5.78. The van der Waals surface area contributed by atoms with E-state index in [1.807, 2.05) is 6.92 Å². The van der Waals surface area contributed by atoms with Gasteiger partial charge in [0.15, 0.2) is 0 Å². The number of urea groups is 1. The zero-order valence-electron chi connectivity index (χ0n) is 13.1. The maximum Gasteiger partial charge on any atom is 0.315 e. The van der Waals surface area contributed by atoms with Gasteiger partial charge in [0.2, 0.25) is 0 Å². The van der Waals surface area contributed by atoms with E-state index in [1.165, 1.54) is 0 Å². The molecule has 20 heavy (non-hydrogen) atoms. The Kier molecular flexibility index (Phi) is 5.42. The fourth-order valence-corrected chi connectivity index (χ4v) is 2.41. The van der Waals surface area contributed by atoms with Crippen LogP contribution in [0.2, 0.25) is 0 Å². The molecule has 1 rings (SSSR count). The third-order valence-electron chi connectivity index (χ3n) is 4.50. The van der Waals surface area contributed by atoms with Crippen molar-refractivity contribution in [3.8, 4) is 0 Å². The first-order chi connectivity index (χ1) is 9.17. The van der Waals surface area contributed by atoms with Gasteiger partial charge in [0.05, 0.1) is 5.41 Å². The molecular weight excluding hydrogens is 256 g/mol. The monoisotopic (exact) mass is 284 g/mol. The van der Waals surface area contributed by atoms with Gasteiger partial charge in [-0.2, -0.15) is 0 Å². The summed E-state index contributed by atoms with van der Waals surface area (Å²) in [5.74, 6) is -0.790. The largest absolute Gasteiger partial charge is 0.481 e. The first-order valence-electron chi connectivity index (χ1n) is 7.45. The molecule has 0 saturated heterocycles. The van der Waals surface area contributed by atoms with Crippen LogP contribution in [0.25, 0.3) is 0 Å². The van der Waals surface area contributed by atoms with Gasteiger partial charge >= 0.3 is 12.0 Å². The Balaban J connectivity index is 2.52. The molecule has 0 aromatic rings. The highest BCUT2D eigenvalue weighted by atomic mass is 16.4. The van der Waals surface area contributed by atoms with Gasteiger partial charge in [-0.25, -0.2) is 4.79 Å². The van der Waals surface area contributed by atoms with Crippen molar-refractivity contribution < 1.29 is 14.7 Å². The smallest absolute Gasteiger partial charge is 0.315 e. The molecule has 0 heterocycles. The molecule has 0 bridgehead atoms. The normalized spacial score (nSPS) is 20.0. The quantitative estimate of drug-likeness (QED) is 0.742. The number of hydrogen-bond acceptors (Lipinski definition) is 2. The van der Waals surface area contributed by atoms with Crippen molar-refractivity contribution in [3.63, 3.8) is 0 Å². The molecule has 1 saturated carbocycles. The molecule has 0 radical (unpaired) electrons. The Morgan fingerprint density at radius 1 is 1.20 bits per heavy atom. The lowest BCUT2D eigenvalue weighted by Gasteiger charge is -2.34. The summed E-state index contributed by atoms with van der Waals surface area (Å²) in [5.41, 5.74) is -0.798. The van der Waals surface area contributed by atoms with Crippen LogP contribution in [-0.2, 0) is 4.79 Å². The van der Waals surface area contributed by atoms with Crippen LogP contribution in [0.4, 0.5) is 4.79 Å². The average Bonchev–Trinajstić information content (AvgIpc) is 2.36. The van der Waals surface area contributed by atoms with Gasteiger partial charge in [0.1, 0.15) is 0 Å². The zero-order chi connectivity index (χ0) is 15.4. The molecule has 116 valence electrons. The topological polar surface area (TPSA) is 78.4 Å². The van der Waals surface area contributed by atoms with Gasteiger partial charge in [-0.1, -0.05) is 40.0 Å². The molecular formula is C15H28N2O3. The van der Waals surface area contributed by atoms with E-state index >= 15 is 0 Å². The molecule has 5 heteroatoms. The first kappa shape index (κ1) is 16.8. The van der Waals surface area contributed by atoms with Gasteiger partial charge in [-0.05, 0) is 25.2 Å². The van der Waals surface area contributed by atoms with E-state index in [9.17, 15) is 14.7 Å². The molecule has 1 unspecified atom stereocenters. The number of aliphatic carboxylic acids is 1. The molecule has 1 fully saturated rings. The van der Waals surface area contributed by atoms with Crippen LogP contribution in [0.3, 0.4) is 0 Å². The van der Waals surface area contributed by atoms with E-state index in [0.29, 0.717) is 12.8 Å². The Labute approximate surface area is 121 Å². The van der Waals surface area contributed by atoms with Crippen LogP contribution in [0.5, 0.6) is 0 Å². The van der Waals surface area contributed by atoms with Crippen molar-refractivity contribution in [3.05, 3.63) is 0 Å². The van der Waals surface area contributed by atoms with Gasteiger partial charge < -0.3 is 15.7 Å². The lowest BCUT2D eigenvalue weighted by molar-refractivity contribution is -0.150. The predicted molar refractivity (Wildman–Crippen MR) is 78.6 cm³/mol. The fourth-order valence-electron chi connectivity index (χ4n) is 2.41. The molecule has 0 aromatic carbocycles. The third-order valence-corrected chi connectivity index (χ3v) is 4.50. The second kappa shape index (κ2) is 6.46. The van der Waals surface area contributed by atoms with E-state index in [1.54, 1.807) is 0 Å². The van der Waals surface area contributed by atoms with E-state index in [-0.39, 0.29) is 24.0 Å². The number of amides is 2. The van der Waals surface area contributed by atoms with Crippen molar-refractivity contribution >= 4 is 12.0 Å². The Morgan fingerprint density at radius 3 is 2.20 bits per heavy atom. The number of carbonyl (C=O) groups is 2. The summed E-state index contributed by atoms with van der Waals surface area (Å²) in [5, 5.41) is 15.1. The molecule has 0 aromatic heterocycles. The molecule has 0 aliphatic heterocycles. The van der Waals surface area contributed by atoms with Crippen molar-refractivity contribution in [2.24, 2.45) is 10.8 Å². The van der Waals surface area contributed by atoms with E-state index in [2.05, 4.69) is 31.4 Å². The summed E-state index contributed by atoms with van der Waals surface area (Å²) in [4.78, 5) is 23.4. The Morgan fingerprint density at radius 2 is 1.75 bits per heavy atom. The standard InChI is InChI=1S/C15H28N2O3/c1-11(14(2,3)4)17-13(20)16-10-15(12(18)19)8-6-5-7-9-15/h11H,5-10H2,1-4H3,(H,18,19)(H2,16,17,20). The van der Waals surface area contributed by atoms with E-state index in [0.717, 1.165) is 19.3 Å². The van der Waals surface area contributed by atoms with E-state index < -0.39 is 11.4 Å². The Bertz CT molecular complexity index is 355. The minimum Gasteiger partial charge on any atom is -0.481 e.